The van der Waals surface area contributed by atoms with E-state index in [2.05, 4.69) is 10.2 Å². The summed E-state index contributed by atoms with van der Waals surface area (Å²) >= 11 is 0. The number of hydrazone groups is 1. The molecular formula is C4H7ClN4. The molecule has 1 aromatic rings. The lowest BCUT2D eigenvalue weighted by Gasteiger charge is -1.82. The molecule has 9 heavy (non-hydrogen) atoms. The molecule has 0 saturated heterocycles. The van der Waals surface area contributed by atoms with Crippen molar-refractivity contribution in [2.45, 2.75) is 0 Å². The molecule has 0 aromatic carbocycles. The maximum Gasteiger partial charge on any atom is 0.136 e. The molecule has 0 unspecified atom stereocenters. The molecule has 1 heterocycles. The molecule has 0 saturated carbocycles. The van der Waals surface area contributed by atoms with Crippen LogP contribution in [-0.2, 0) is 0 Å². The van der Waals surface area contributed by atoms with Crippen molar-refractivity contribution in [2.75, 3.05) is 0 Å². The van der Waals surface area contributed by atoms with Gasteiger partial charge in [-0.3, -0.25) is 0 Å². The Hall–Kier alpha value is -1.03. The lowest BCUT2D eigenvalue weighted by atomic mass is 10.8. The van der Waals surface area contributed by atoms with Gasteiger partial charge in [0.05, 0.1) is 0 Å². The van der Waals surface area contributed by atoms with Crippen molar-refractivity contribution in [1.29, 1.82) is 0 Å². The summed E-state index contributed by atoms with van der Waals surface area (Å²) in [6.07, 6.45) is 4.82. The molecule has 1 rings (SSSR count). The van der Waals surface area contributed by atoms with Crippen molar-refractivity contribution >= 4 is 18.7 Å². The fourth-order valence-electron chi connectivity index (χ4n) is 0.417. The fraction of sp³-hybridized carbons (Fsp3) is 0. The largest absolute Gasteiger partial charge is 0.322 e. The van der Waals surface area contributed by atoms with E-state index >= 15 is 0 Å². The summed E-state index contributed by atoms with van der Waals surface area (Å²) in [7, 11) is 0. The molecule has 0 aliphatic heterocycles. The van der Waals surface area contributed by atoms with Gasteiger partial charge in [0.15, 0.2) is 0 Å². The molecule has 0 amide bonds. The maximum atomic E-state index is 4.83. The molecule has 0 radical (unpaired) electrons. The van der Waals surface area contributed by atoms with E-state index in [0.29, 0.717) is 0 Å². The summed E-state index contributed by atoms with van der Waals surface area (Å²) in [5.74, 6) is 4.83. The Morgan fingerprint density at radius 1 is 1.67 bits per heavy atom. The Morgan fingerprint density at radius 2 is 2.44 bits per heavy atom. The summed E-state index contributed by atoms with van der Waals surface area (Å²) in [4.78, 5) is 0. The highest BCUT2D eigenvalue weighted by Gasteiger charge is 1.76. The third kappa shape index (κ3) is 2.14. The van der Waals surface area contributed by atoms with Crippen molar-refractivity contribution < 1.29 is 0 Å². The Bertz CT molecular complexity index is 169. The number of aromatic nitrogens is 2. The fourth-order valence-corrected chi connectivity index (χ4v) is 0.417. The van der Waals surface area contributed by atoms with Gasteiger partial charge >= 0.3 is 0 Å². The molecule has 4 nitrogen and oxygen atoms in total. The van der Waals surface area contributed by atoms with E-state index in [1.807, 2.05) is 0 Å². The maximum absolute atomic E-state index is 4.83. The van der Waals surface area contributed by atoms with Gasteiger partial charge in [-0.2, -0.15) is 10.2 Å². The summed E-state index contributed by atoms with van der Waals surface area (Å²) in [6, 6.07) is 1.79. The van der Waals surface area contributed by atoms with Crippen molar-refractivity contribution in [3.63, 3.8) is 0 Å². The third-order valence-electron chi connectivity index (χ3n) is 0.710. The summed E-state index contributed by atoms with van der Waals surface area (Å²) in [5.41, 5.74) is 0. The predicted octanol–water partition coefficient (Wildman–Crippen LogP) is 0.0550. The average Bonchev–Trinajstić information content (AvgIpc) is 2.19. The first-order chi connectivity index (χ1) is 3.93. The quantitative estimate of drug-likeness (QED) is 0.264. The van der Waals surface area contributed by atoms with Crippen molar-refractivity contribution in [1.82, 2.24) is 9.78 Å². The Balaban J connectivity index is 0.000000640. The van der Waals surface area contributed by atoms with Crippen LogP contribution in [0.1, 0.15) is 0 Å². The van der Waals surface area contributed by atoms with Crippen LogP contribution in [0.25, 0.3) is 0 Å². The smallest absolute Gasteiger partial charge is 0.136 e. The Labute approximate surface area is 58.8 Å². The van der Waals surface area contributed by atoms with Gasteiger partial charge in [-0.15, -0.1) is 12.4 Å². The van der Waals surface area contributed by atoms with E-state index < -0.39 is 0 Å². The van der Waals surface area contributed by atoms with E-state index in [1.54, 1.807) is 18.5 Å². The molecule has 0 spiro atoms. The molecule has 0 aliphatic carbocycles. The monoisotopic (exact) mass is 146 g/mol. The van der Waals surface area contributed by atoms with Gasteiger partial charge in [-0.25, -0.2) is 4.68 Å². The third-order valence-corrected chi connectivity index (χ3v) is 0.710. The standard InChI is InChI=1S/C4H6N4.ClH/c5-6-4-8-3-1-2-7-8;/h1-4H,5H2;1H. The predicted molar refractivity (Wildman–Crippen MR) is 37.6 cm³/mol. The molecule has 50 valence electrons. The van der Waals surface area contributed by atoms with E-state index in [9.17, 15) is 0 Å². The van der Waals surface area contributed by atoms with Crippen LogP contribution >= 0.6 is 12.4 Å². The molecule has 0 bridgehead atoms. The second kappa shape index (κ2) is 3.91. The zero-order chi connectivity index (χ0) is 5.82. The van der Waals surface area contributed by atoms with E-state index in [4.69, 9.17) is 5.84 Å². The SMILES string of the molecule is Cl.NN=Cn1cccn1. The minimum absolute atomic E-state index is 0. The van der Waals surface area contributed by atoms with Gasteiger partial charge in [0.1, 0.15) is 6.34 Å². The lowest BCUT2D eigenvalue weighted by molar-refractivity contribution is 0.947. The second-order valence-corrected chi connectivity index (χ2v) is 1.25. The number of nitrogens with zero attached hydrogens (tertiary/aromatic N) is 3. The first kappa shape index (κ1) is 7.97. The number of hydrogen-bond donors (Lipinski definition) is 1. The van der Waals surface area contributed by atoms with Crippen LogP contribution < -0.4 is 5.84 Å². The number of nitrogens with two attached hydrogens (primary N) is 1. The van der Waals surface area contributed by atoms with Gasteiger partial charge in [0.25, 0.3) is 0 Å². The number of hydrogen-bond acceptors (Lipinski definition) is 3. The summed E-state index contributed by atoms with van der Waals surface area (Å²) < 4.78 is 1.51. The molecule has 2 N–H and O–H groups in total. The number of rotatable bonds is 1. The van der Waals surface area contributed by atoms with E-state index in [1.165, 1.54) is 11.0 Å². The van der Waals surface area contributed by atoms with Crippen LogP contribution in [-0.4, -0.2) is 16.1 Å². The Morgan fingerprint density at radius 3 is 2.89 bits per heavy atom. The zero-order valence-corrected chi connectivity index (χ0v) is 5.45. The molecular weight excluding hydrogens is 140 g/mol. The van der Waals surface area contributed by atoms with Gasteiger partial charge in [0, 0.05) is 12.4 Å². The molecule has 5 heteroatoms. The highest BCUT2D eigenvalue weighted by Crippen LogP contribution is 1.75. The first-order valence-electron chi connectivity index (χ1n) is 2.16. The van der Waals surface area contributed by atoms with Crippen LogP contribution in [0.4, 0.5) is 0 Å². The van der Waals surface area contributed by atoms with Crippen molar-refractivity contribution in [3.05, 3.63) is 18.5 Å². The van der Waals surface area contributed by atoms with Crippen LogP contribution in [0.2, 0.25) is 0 Å². The first-order valence-corrected chi connectivity index (χ1v) is 2.16. The number of halogens is 1. The average molecular weight is 147 g/mol. The minimum atomic E-state index is 0. The molecule has 0 fully saturated rings. The Kier molecular flexibility index (Phi) is 3.46. The van der Waals surface area contributed by atoms with E-state index in [0.717, 1.165) is 0 Å². The molecule has 0 aliphatic rings. The van der Waals surface area contributed by atoms with Gasteiger partial charge in [-0.05, 0) is 6.07 Å². The van der Waals surface area contributed by atoms with Gasteiger partial charge in [-0.1, -0.05) is 0 Å². The summed E-state index contributed by atoms with van der Waals surface area (Å²) in [6.45, 7) is 0. The lowest BCUT2D eigenvalue weighted by Crippen LogP contribution is -1.96. The highest BCUT2D eigenvalue weighted by atomic mass is 35.5. The van der Waals surface area contributed by atoms with Crippen molar-refractivity contribution in [2.24, 2.45) is 10.9 Å². The second-order valence-electron chi connectivity index (χ2n) is 1.25. The normalized spacial score (nSPS) is 9.33. The van der Waals surface area contributed by atoms with Gasteiger partial charge < -0.3 is 5.84 Å². The van der Waals surface area contributed by atoms with Crippen molar-refractivity contribution in [3.8, 4) is 0 Å². The summed E-state index contributed by atoms with van der Waals surface area (Å²) in [5, 5.41) is 7.05. The topological polar surface area (TPSA) is 56.2 Å². The van der Waals surface area contributed by atoms with Crippen LogP contribution in [0.5, 0.6) is 0 Å². The minimum Gasteiger partial charge on any atom is -0.322 e. The molecule has 0 atom stereocenters. The highest BCUT2D eigenvalue weighted by molar-refractivity contribution is 5.85. The molecule has 1 aromatic heterocycles. The van der Waals surface area contributed by atoms with Crippen LogP contribution in [0.15, 0.2) is 23.6 Å². The van der Waals surface area contributed by atoms with Crippen LogP contribution in [0.3, 0.4) is 0 Å². The zero-order valence-electron chi connectivity index (χ0n) is 4.64. The van der Waals surface area contributed by atoms with Gasteiger partial charge in [0.2, 0.25) is 0 Å². The van der Waals surface area contributed by atoms with E-state index in [-0.39, 0.29) is 12.4 Å². The van der Waals surface area contributed by atoms with Crippen LogP contribution in [0, 0.1) is 0 Å².